The molecular weight excluding hydrogens is 210 g/mol. The Balaban J connectivity index is 2.26. The lowest BCUT2D eigenvalue weighted by atomic mass is 10.1. The van der Waals surface area contributed by atoms with Crippen LogP contribution in [0.1, 0.15) is 18.9 Å². The van der Waals surface area contributed by atoms with Gasteiger partial charge >= 0.3 is 0 Å². The van der Waals surface area contributed by atoms with Gasteiger partial charge in [-0.3, -0.25) is 0 Å². The van der Waals surface area contributed by atoms with Gasteiger partial charge in [-0.05, 0) is 25.0 Å². The SMILES string of the molecule is CCCNc1cc(C)c(-c2ccccc2)nn1. The zero-order valence-corrected chi connectivity index (χ0v) is 10.3. The van der Waals surface area contributed by atoms with Crippen LogP contribution in [0.3, 0.4) is 0 Å². The van der Waals surface area contributed by atoms with Crippen molar-refractivity contribution in [2.75, 3.05) is 11.9 Å². The van der Waals surface area contributed by atoms with Crippen molar-refractivity contribution in [2.45, 2.75) is 20.3 Å². The third kappa shape index (κ3) is 2.81. The Morgan fingerprint density at radius 1 is 1.12 bits per heavy atom. The minimum Gasteiger partial charge on any atom is -0.369 e. The van der Waals surface area contributed by atoms with E-state index in [2.05, 4.69) is 41.5 Å². The summed E-state index contributed by atoms with van der Waals surface area (Å²) in [5.41, 5.74) is 3.21. The van der Waals surface area contributed by atoms with Crippen LogP contribution in [0.2, 0.25) is 0 Å². The number of anilines is 1. The molecule has 0 atom stereocenters. The number of hydrogen-bond acceptors (Lipinski definition) is 3. The minimum absolute atomic E-state index is 0.851. The van der Waals surface area contributed by atoms with Crippen LogP contribution in [0.5, 0.6) is 0 Å². The standard InChI is InChI=1S/C14H17N3/c1-3-9-15-13-10-11(2)14(17-16-13)12-7-5-4-6-8-12/h4-8,10H,3,9H2,1-2H3,(H,15,16). The molecule has 0 unspecified atom stereocenters. The first-order valence-corrected chi connectivity index (χ1v) is 5.95. The van der Waals surface area contributed by atoms with Gasteiger partial charge < -0.3 is 5.32 Å². The lowest BCUT2D eigenvalue weighted by molar-refractivity contribution is 0.941. The molecular formula is C14H17N3. The molecule has 88 valence electrons. The van der Waals surface area contributed by atoms with Crippen molar-refractivity contribution in [1.82, 2.24) is 10.2 Å². The fourth-order valence-corrected chi connectivity index (χ4v) is 1.71. The first kappa shape index (κ1) is 11.6. The third-order valence-corrected chi connectivity index (χ3v) is 2.59. The number of aromatic nitrogens is 2. The second kappa shape index (κ2) is 5.43. The molecule has 2 rings (SSSR count). The molecule has 0 saturated carbocycles. The number of nitrogens with zero attached hydrogens (tertiary/aromatic N) is 2. The first-order chi connectivity index (χ1) is 8.31. The van der Waals surface area contributed by atoms with E-state index in [4.69, 9.17) is 0 Å². The lowest BCUT2D eigenvalue weighted by Gasteiger charge is -2.07. The number of benzene rings is 1. The van der Waals surface area contributed by atoms with Gasteiger partial charge in [0.1, 0.15) is 5.82 Å². The van der Waals surface area contributed by atoms with Gasteiger partial charge in [0.05, 0.1) is 5.69 Å². The molecule has 17 heavy (non-hydrogen) atoms. The van der Waals surface area contributed by atoms with E-state index in [1.165, 1.54) is 0 Å². The van der Waals surface area contributed by atoms with Crippen LogP contribution >= 0.6 is 0 Å². The third-order valence-electron chi connectivity index (χ3n) is 2.59. The number of rotatable bonds is 4. The second-order valence-electron chi connectivity index (χ2n) is 4.05. The van der Waals surface area contributed by atoms with Crippen LogP contribution < -0.4 is 5.32 Å². The highest BCUT2D eigenvalue weighted by Gasteiger charge is 2.05. The van der Waals surface area contributed by atoms with E-state index in [0.29, 0.717) is 0 Å². The van der Waals surface area contributed by atoms with Crippen molar-refractivity contribution in [3.63, 3.8) is 0 Å². The largest absolute Gasteiger partial charge is 0.369 e. The molecule has 0 amide bonds. The Morgan fingerprint density at radius 3 is 2.53 bits per heavy atom. The fourth-order valence-electron chi connectivity index (χ4n) is 1.71. The van der Waals surface area contributed by atoms with Gasteiger partial charge in [0, 0.05) is 12.1 Å². The zero-order valence-electron chi connectivity index (χ0n) is 10.3. The number of aryl methyl sites for hydroxylation is 1. The van der Waals surface area contributed by atoms with Crippen LogP contribution in [0.4, 0.5) is 5.82 Å². The van der Waals surface area contributed by atoms with E-state index in [1.807, 2.05) is 24.3 Å². The molecule has 1 heterocycles. The van der Waals surface area contributed by atoms with Crippen LogP contribution in [-0.4, -0.2) is 16.7 Å². The first-order valence-electron chi connectivity index (χ1n) is 5.95. The monoisotopic (exact) mass is 227 g/mol. The Hall–Kier alpha value is -1.90. The van der Waals surface area contributed by atoms with Crippen molar-refractivity contribution in [3.8, 4) is 11.3 Å². The molecule has 1 aromatic carbocycles. The molecule has 0 spiro atoms. The number of hydrogen-bond donors (Lipinski definition) is 1. The Kier molecular flexibility index (Phi) is 3.70. The van der Waals surface area contributed by atoms with Gasteiger partial charge in [0.15, 0.2) is 0 Å². The molecule has 1 N–H and O–H groups in total. The van der Waals surface area contributed by atoms with Crippen molar-refractivity contribution >= 4 is 5.82 Å². The Bertz CT molecular complexity index is 480. The summed E-state index contributed by atoms with van der Waals surface area (Å²) in [6.45, 7) is 5.12. The van der Waals surface area contributed by atoms with Crippen molar-refractivity contribution < 1.29 is 0 Å². The van der Waals surface area contributed by atoms with Gasteiger partial charge in [-0.15, -0.1) is 10.2 Å². The maximum absolute atomic E-state index is 4.29. The van der Waals surface area contributed by atoms with E-state index < -0.39 is 0 Å². The van der Waals surface area contributed by atoms with Gasteiger partial charge in [-0.1, -0.05) is 37.3 Å². The predicted octanol–water partition coefficient (Wildman–Crippen LogP) is 3.27. The molecule has 0 aliphatic rings. The summed E-state index contributed by atoms with van der Waals surface area (Å²) in [6, 6.07) is 12.2. The molecule has 0 saturated heterocycles. The highest BCUT2D eigenvalue weighted by molar-refractivity contribution is 5.63. The highest BCUT2D eigenvalue weighted by atomic mass is 15.2. The van der Waals surface area contributed by atoms with E-state index in [9.17, 15) is 0 Å². The van der Waals surface area contributed by atoms with Gasteiger partial charge in [-0.2, -0.15) is 0 Å². The number of nitrogens with one attached hydrogen (secondary N) is 1. The van der Waals surface area contributed by atoms with Gasteiger partial charge in [0.25, 0.3) is 0 Å². The Morgan fingerprint density at radius 2 is 1.88 bits per heavy atom. The van der Waals surface area contributed by atoms with Crippen LogP contribution in [0.25, 0.3) is 11.3 Å². The van der Waals surface area contributed by atoms with E-state index in [1.54, 1.807) is 0 Å². The summed E-state index contributed by atoms with van der Waals surface area (Å²) in [7, 11) is 0. The maximum Gasteiger partial charge on any atom is 0.148 e. The molecule has 1 aromatic heterocycles. The van der Waals surface area contributed by atoms with Gasteiger partial charge in [0.2, 0.25) is 0 Å². The smallest absolute Gasteiger partial charge is 0.148 e. The summed E-state index contributed by atoms with van der Waals surface area (Å²) in [5.74, 6) is 0.851. The summed E-state index contributed by atoms with van der Waals surface area (Å²) in [4.78, 5) is 0. The Labute approximate surface area is 102 Å². The molecule has 0 fully saturated rings. The fraction of sp³-hybridized carbons (Fsp3) is 0.286. The average Bonchev–Trinajstić information content (AvgIpc) is 2.37. The van der Waals surface area contributed by atoms with Crippen LogP contribution in [0, 0.1) is 6.92 Å². The summed E-state index contributed by atoms with van der Waals surface area (Å²) in [6.07, 6.45) is 1.08. The zero-order chi connectivity index (χ0) is 12.1. The normalized spacial score (nSPS) is 10.2. The molecule has 0 bridgehead atoms. The van der Waals surface area contributed by atoms with E-state index in [0.717, 1.165) is 35.6 Å². The molecule has 3 nitrogen and oxygen atoms in total. The molecule has 0 aliphatic heterocycles. The van der Waals surface area contributed by atoms with Crippen molar-refractivity contribution in [2.24, 2.45) is 0 Å². The summed E-state index contributed by atoms with van der Waals surface area (Å²) < 4.78 is 0. The quantitative estimate of drug-likeness (QED) is 0.871. The van der Waals surface area contributed by atoms with Crippen molar-refractivity contribution in [1.29, 1.82) is 0 Å². The lowest BCUT2D eigenvalue weighted by Crippen LogP contribution is -2.04. The van der Waals surface area contributed by atoms with E-state index in [-0.39, 0.29) is 0 Å². The van der Waals surface area contributed by atoms with Crippen LogP contribution in [-0.2, 0) is 0 Å². The maximum atomic E-state index is 4.29. The van der Waals surface area contributed by atoms with Crippen molar-refractivity contribution in [3.05, 3.63) is 42.0 Å². The molecule has 0 aliphatic carbocycles. The predicted molar refractivity (Wildman–Crippen MR) is 71.0 cm³/mol. The van der Waals surface area contributed by atoms with E-state index >= 15 is 0 Å². The summed E-state index contributed by atoms with van der Waals surface area (Å²) in [5, 5.41) is 11.7. The van der Waals surface area contributed by atoms with Crippen LogP contribution in [0.15, 0.2) is 36.4 Å². The summed E-state index contributed by atoms with van der Waals surface area (Å²) >= 11 is 0. The molecule has 0 radical (unpaired) electrons. The minimum atomic E-state index is 0.851. The molecule has 3 heteroatoms. The highest BCUT2D eigenvalue weighted by Crippen LogP contribution is 2.21. The average molecular weight is 227 g/mol. The molecule has 2 aromatic rings. The topological polar surface area (TPSA) is 37.8 Å². The van der Waals surface area contributed by atoms with Gasteiger partial charge in [-0.25, -0.2) is 0 Å². The second-order valence-corrected chi connectivity index (χ2v) is 4.05.